The molecule has 4 rings (SSSR count). The number of nitrogens with two attached hydrogens (primary N) is 1. The number of aldehydes is 1. The summed E-state index contributed by atoms with van der Waals surface area (Å²) in [5.74, 6) is -1.37. The fourth-order valence-corrected chi connectivity index (χ4v) is 3.90. The zero-order valence-corrected chi connectivity index (χ0v) is 23.8. The number of halogens is 4. The molecule has 8 nitrogen and oxygen atoms in total. The summed E-state index contributed by atoms with van der Waals surface area (Å²) in [7, 11) is 5.02. The summed E-state index contributed by atoms with van der Waals surface area (Å²) in [6, 6.07) is 15.7. The second-order valence-electron chi connectivity index (χ2n) is 9.30. The lowest BCUT2D eigenvalue weighted by molar-refractivity contribution is -0.137. The zero-order chi connectivity index (χ0) is 31.6. The number of H-pyrrole nitrogens is 1. The number of amides is 2. The van der Waals surface area contributed by atoms with Gasteiger partial charge in [0.1, 0.15) is 17.8 Å². The highest BCUT2D eigenvalue weighted by atomic mass is 19.4. The van der Waals surface area contributed by atoms with Gasteiger partial charge in [0.2, 0.25) is 5.91 Å². The quantitative estimate of drug-likeness (QED) is 0.167. The largest absolute Gasteiger partial charge is 0.416 e. The molecule has 42 heavy (non-hydrogen) atoms. The zero-order valence-electron chi connectivity index (χ0n) is 23.8. The van der Waals surface area contributed by atoms with Crippen molar-refractivity contribution in [3.8, 4) is 11.1 Å². The van der Waals surface area contributed by atoms with Crippen LogP contribution >= 0.6 is 0 Å². The Labute approximate surface area is 240 Å². The van der Waals surface area contributed by atoms with Gasteiger partial charge in [-0.25, -0.2) is 4.39 Å². The van der Waals surface area contributed by atoms with Gasteiger partial charge in [-0.3, -0.25) is 9.59 Å². The van der Waals surface area contributed by atoms with Gasteiger partial charge in [-0.05, 0) is 57.8 Å². The van der Waals surface area contributed by atoms with Gasteiger partial charge in [-0.2, -0.15) is 13.2 Å². The van der Waals surface area contributed by atoms with Gasteiger partial charge in [-0.15, -0.1) is 0 Å². The molecule has 0 saturated heterocycles. The average Bonchev–Trinajstić information content (AvgIpc) is 3.30. The summed E-state index contributed by atoms with van der Waals surface area (Å²) >= 11 is 0. The first-order chi connectivity index (χ1) is 19.7. The molecule has 0 aliphatic heterocycles. The second-order valence-corrected chi connectivity index (χ2v) is 9.30. The van der Waals surface area contributed by atoms with E-state index in [1.54, 1.807) is 11.0 Å². The summed E-state index contributed by atoms with van der Waals surface area (Å²) in [5.41, 5.74) is 8.99. The van der Waals surface area contributed by atoms with E-state index < -0.39 is 23.5 Å². The van der Waals surface area contributed by atoms with E-state index in [0.717, 1.165) is 40.5 Å². The van der Waals surface area contributed by atoms with Crippen LogP contribution < -0.4 is 16.4 Å². The predicted octanol–water partition coefficient (Wildman–Crippen LogP) is 5.83. The number of rotatable bonds is 6. The van der Waals surface area contributed by atoms with Gasteiger partial charge in [-0.1, -0.05) is 42.0 Å². The number of benzene rings is 3. The molecule has 5 N–H and O–H groups in total. The van der Waals surface area contributed by atoms with Crippen LogP contribution in [0.2, 0.25) is 0 Å². The number of anilines is 2. The van der Waals surface area contributed by atoms with Crippen LogP contribution in [-0.2, 0) is 15.8 Å². The van der Waals surface area contributed by atoms with Gasteiger partial charge in [0, 0.05) is 18.0 Å². The molecule has 0 unspecified atom stereocenters. The van der Waals surface area contributed by atoms with Crippen molar-refractivity contribution in [3.05, 3.63) is 83.3 Å². The van der Waals surface area contributed by atoms with E-state index in [-0.39, 0.29) is 18.1 Å². The number of carbonyl (C=O) groups excluding carboxylic acids is 3. The Kier molecular flexibility index (Phi) is 11.8. The first kappa shape index (κ1) is 33.5. The number of aryl methyl sites for hydroxylation is 1. The number of aromatic amines is 1. The molecular formula is C30H33F4N5O3. The normalized spacial score (nSPS) is 10.7. The minimum atomic E-state index is -4.43. The minimum Gasteiger partial charge on any atom is -0.386 e. The van der Waals surface area contributed by atoms with Crippen LogP contribution in [0.15, 0.2) is 60.7 Å². The molecule has 2 amide bonds. The van der Waals surface area contributed by atoms with Crippen LogP contribution in [0.4, 0.5) is 28.9 Å². The Morgan fingerprint density at radius 3 is 2.17 bits per heavy atom. The number of aromatic nitrogens is 1. The van der Waals surface area contributed by atoms with Gasteiger partial charge < -0.3 is 31.0 Å². The molecule has 4 aromatic rings. The second kappa shape index (κ2) is 14.8. The van der Waals surface area contributed by atoms with Crippen LogP contribution in [-0.4, -0.2) is 55.7 Å². The molecule has 224 valence electrons. The Balaban J connectivity index is 0.000000322. The van der Waals surface area contributed by atoms with Gasteiger partial charge in [0.25, 0.3) is 5.91 Å². The average molecular weight is 588 g/mol. The lowest BCUT2D eigenvalue weighted by Crippen LogP contribution is -2.27. The van der Waals surface area contributed by atoms with Crippen molar-refractivity contribution in [3.63, 3.8) is 0 Å². The van der Waals surface area contributed by atoms with E-state index >= 15 is 0 Å². The molecule has 12 heteroatoms. The number of hydrogen-bond acceptors (Lipinski definition) is 5. The Morgan fingerprint density at radius 2 is 1.64 bits per heavy atom. The van der Waals surface area contributed by atoms with Gasteiger partial charge in [0.05, 0.1) is 29.0 Å². The van der Waals surface area contributed by atoms with E-state index in [1.165, 1.54) is 14.0 Å². The van der Waals surface area contributed by atoms with Crippen molar-refractivity contribution in [2.24, 2.45) is 5.73 Å². The van der Waals surface area contributed by atoms with E-state index in [4.69, 9.17) is 10.5 Å². The molecular weight excluding hydrogens is 554 g/mol. The van der Waals surface area contributed by atoms with Crippen LogP contribution in [0.25, 0.3) is 22.0 Å². The Morgan fingerprint density at radius 1 is 1.02 bits per heavy atom. The number of nitrogens with zero attached hydrogens (tertiary/aromatic N) is 1. The number of nitrogens with one attached hydrogen (secondary N) is 3. The molecule has 0 fully saturated rings. The molecule has 1 heterocycles. The maximum atomic E-state index is 12.7. The number of alkyl halides is 3. The van der Waals surface area contributed by atoms with Crippen LogP contribution in [0.3, 0.4) is 0 Å². The Hall–Kier alpha value is -4.71. The topological polar surface area (TPSA) is 120 Å². The number of likely N-dealkylation sites (N-methyl/N-ethyl adjacent to an activating group) is 1. The minimum absolute atomic E-state index is 0.130. The summed E-state index contributed by atoms with van der Waals surface area (Å²) in [4.78, 5) is 37.8. The third kappa shape index (κ3) is 8.90. The number of primary amides is 1. The fourth-order valence-electron chi connectivity index (χ4n) is 3.90. The highest BCUT2D eigenvalue weighted by molar-refractivity contribution is 6.13. The molecule has 0 aliphatic rings. The lowest BCUT2D eigenvalue weighted by Gasteiger charge is -2.11. The summed E-state index contributed by atoms with van der Waals surface area (Å²) < 4.78 is 49.0. The third-order valence-electron chi connectivity index (χ3n) is 5.72. The third-order valence-corrected chi connectivity index (χ3v) is 5.72. The maximum absolute atomic E-state index is 12.7. The number of carbonyl (C=O) groups is 3. The lowest BCUT2D eigenvalue weighted by atomic mass is 10.00. The van der Waals surface area contributed by atoms with Crippen molar-refractivity contribution in [1.29, 1.82) is 0 Å². The van der Waals surface area contributed by atoms with E-state index in [1.807, 2.05) is 57.4 Å². The van der Waals surface area contributed by atoms with Crippen LogP contribution in [0, 0.1) is 12.7 Å². The molecule has 0 bridgehead atoms. The predicted molar refractivity (Wildman–Crippen MR) is 157 cm³/mol. The molecule has 0 radical (unpaired) electrons. The van der Waals surface area contributed by atoms with Crippen LogP contribution in [0.5, 0.6) is 0 Å². The van der Waals surface area contributed by atoms with Gasteiger partial charge >= 0.3 is 6.18 Å². The number of hydrogen-bond donors (Lipinski definition) is 4. The number of para-hydroxylation sites is 1. The molecule has 0 saturated carbocycles. The van der Waals surface area contributed by atoms with Crippen molar-refractivity contribution in [1.82, 2.24) is 9.88 Å². The maximum Gasteiger partial charge on any atom is 0.416 e. The first-order valence-corrected chi connectivity index (χ1v) is 12.6. The van der Waals surface area contributed by atoms with Crippen molar-refractivity contribution in [2.45, 2.75) is 20.0 Å². The molecule has 0 atom stereocenters. The van der Waals surface area contributed by atoms with Crippen molar-refractivity contribution >= 4 is 40.4 Å². The highest BCUT2D eigenvalue weighted by Gasteiger charge is 2.31. The number of fused-ring (bicyclic) bond motifs is 1. The van der Waals surface area contributed by atoms with E-state index in [2.05, 4.69) is 15.6 Å². The summed E-state index contributed by atoms with van der Waals surface area (Å²) in [5, 5.41) is 6.06. The fraction of sp³-hybridized carbons (Fsp3) is 0.233. The molecule has 0 spiro atoms. The van der Waals surface area contributed by atoms with E-state index in [9.17, 15) is 27.2 Å². The van der Waals surface area contributed by atoms with E-state index in [0.29, 0.717) is 23.0 Å². The van der Waals surface area contributed by atoms with Gasteiger partial charge in [0.15, 0.2) is 0 Å². The molecule has 1 aromatic heterocycles. The summed E-state index contributed by atoms with van der Waals surface area (Å²) in [6.45, 7) is 3.72. The highest BCUT2D eigenvalue weighted by Crippen LogP contribution is 2.36. The standard InChI is InChI=1S/C20H22N4O2.C8H7F4N.C2H4O/c1-12-7-9-13(10-8-12)17-14-5-4-6-15(22-16(25)11-24(2)3)18(14)23-19(17)20(21)26;1-13-7-4-5(8(10,11)12)2-3-6(7)9;1-2-3/h4-10,23H,11H2,1-3H3,(H2,21,26)(H,22,25);2-4,13H,1H3;2H,1H3. The monoisotopic (exact) mass is 587 g/mol. The SMILES string of the molecule is CC=O.CNc1cc(C(F)(F)F)ccc1F.Cc1ccc(-c2c(C(N)=O)[nH]c3c(NC(=O)CN(C)C)cccc23)cc1. The smallest absolute Gasteiger partial charge is 0.386 e. The first-order valence-electron chi connectivity index (χ1n) is 12.6. The van der Waals surface area contributed by atoms with Crippen molar-refractivity contribution in [2.75, 3.05) is 38.3 Å². The summed E-state index contributed by atoms with van der Waals surface area (Å²) in [6.07, 6.45) is -3.68. The molecule has 0 aliphatic carbocycles. The molecule has 3 aromatic carbocycles. The van der Waals surface area contributed by atoms with Crippen LogP contribution in [0.1, 0.15) is 28.5 Å². The Bertz CT molecular complexity index is 1530. The van der Waals surface area contributed by atoms with Crippen molar-refractivity contribution < 1.29 is 31.9 Å².